The van der Waals surface area contributed by atoms with Gasteiger partial charge < -0.3 is 15.7 Å². The fourth-order valence-corrected chi connectivity index (χ4v) is 5.97. The third-order valence-corrected chi connectivity index (χ3v) is 7.70. The molecule has 0 radical (unpaired) electrons. The van der Waals surface area contributed by atoms with Gasteiger partial charge in [0.15, 0.2) is 5.82 Å². The highest BCUT2D eigenvalue weighted by Gasteiger charge is 2.47. The van der Waals surface area contributed by atoms with Crippen molar-refractivity contribution in [2.24, 2.45) is 17.1 Å². The minimum atomic E-state index is -1.27. The van der Waals surface area contributed by atoms with Gasteiger partial charge in [0.25, 0.3) is 5.56 Å². The van der Waals surface area contributed by atoms with Crippen LogP contribution in [0.25, 0.3) is 5.52 Å². The van der Waals surface area contributed by atoms with Crippen molar-refractivity contribution in [3.05, 3.63) is 45.1 Å². The Balaban J connectivity index is 1.69. The lowest BCUT2D eigenvalue weighted by Gasteiger charge is -2.37. The van der Waals surface area contributed by atoms with Gasteiger partial charge >= 0.3 is 5.97 Å². The second-order valence-electron chi connectivity index (χ2n) is 9.46. The highest BCUT2D eigenvalue weighted by Crippen LogP contribution is 2.49. The van der Waals surface area contributed by atoms with Gasteiger partial charge in [0.05, 0.1) is 17.4 Å². The molecule has 2 saturated carbocycles. The maximum atomic E-state index is 15.4. The molecule has 3 aliphatic rings. The van der Waals surface area contributed by atoms with Crippen molar-refractivity contribution >= 4 is 17.2 Å². The molecule has 2 aromatic heterocycles. The number of aromatic carboxylic acids is 1. The molecular formula is C23H28FN3O3. The molecule has 160 valence electrons. The Bertz CT molecular complexity index is 1110. The van der Waals surface area contributed by atoms with Gasteiger partial charge in [-0.15, -0.1) is 0 Å². The summed E-state index contributed by atoms with van der Waals surface area (Å²) in [7, 11) is 0. The Labute approximate surface area is 174 Å². The maximum absolute atomic E-state index is 15.4. The summed E-state index contributed by atoms with van der Waals surface area (Å²) < 4.78 is 16.6. The van der Waals surface area contributed by atoms with E-state index in [0.717, 1.165) is 49.9 Å². The molecule has 30 heavy (non-hydrogen) atoms. The number of fused-ring (bicyclic) bond motifs is 2. The van der Waals surface area contributed by atoms with Gasteiger partial charge in [-0.25, -0.2) is 9.18 Å². The number of aryl methyl sites for hydroxylation is 1. The van der Waals surface area contributed by atoms with Crippen LogP contribution in [-0.2, 0) is 0 Å². The van der Waals surface area contributed by atoms with E-state index in [1.807, 2.05) is 6.92 Å². The number of rotatable bonds is 4. The van der Waals surface area contributed by atoms with Crippen molar-refractivity contribution in [3.8, 4) is 0 Å². The molecule has 3 fully saturated rings. The van der Waals surface area contributed by atoms with Crippen molar-refractivity contribution in [1.82, 2.24) is 4.40 Å². The number of hydrogen-bond acceptors (Lipinski definition) is 4. The van der Waals surface area contributed by atoms with Crippen molar-refractivity contribution in [2.75, 3.05) is 24.5 Å². The van der Waals surface area contributed by atoms with E-state index >= 15 is 4.39 Å². The van der Waals surface area contributed by atoms with E-state index in [2.05, 4.69) is 4.90 Å². The molecule has 0 spiro atoms. The van der Waals surface area contributed by atoms with Crippen LogP contribution in [-0.4, -0.2) is 35.1 Å². The molecular weight excluding hydrogens is 385 g/mol. The zero-order valence-corrected chi connectivity index (χ0v) is 17.3. The van der Waals surface area contributed by atoms with E-state index in [4.69, 9.17) is 5.73 Å². The quantitative estimate of drug-likeness (QED) is 0.803. The molecule has 7 heteroatoms. The molecule has 5 rings (SSSR count). The fourth-order valence-electron chi connectivity index (χ4n) is 5.97. The van der Waals surface area contributed by atoms with Crippen LogP contribution >= 0.6 is 0 Å². The largest absolute Gasteiger partial charge is 0.477 e. The molecule has 2 aromatic rings. The summed E-state index contributed by atoms with van der Waals surface area (Å²) in [4.78, 5) is 26.5. The summed E-state index contributed by atoms with van der Waals surface area (Å²) in [5.41, 5.74) is 8.04. The lowest BCUT2D eigenvalue weighted by atomic mass is 9.68. The number of carboxylic acid groups (broad SMARTS) is 1. The Morgan fingerprint density at radius 1 is 1.33 bits per heavy atom. The topological polar surface area (TPSA) is 88.0 Å². The van der Waals surface area contributed by atoms with Crippen molar-refractivity contribution in [2.45, 2.75) is 51.4 Å². The lowest BCUT2D eigenvalue weighted by molar-refractivity contribution is 0.0694. The van der Waals surface area contributed by atoms with E-state index in [1.165, 1.54) is 29.5 Å². The zero-order chi connectivity index (χ0) is 21.2. The summed E-state index contributed by atoms with van der Waals surface area (Å²) in [5, 5.41) is 9.46. The number of carbonyl (C=O) groups is 1. The number of anilines is 1. The first kappa shape index (κ1) is 19.5. The van der Waals surface area contributed by atoms with Crippen molar-refractivity contribution in [3.63, 3.8) is 0 Å². The highest BCUT2D eigenvalue weighted by atomic mass is 19.1. The summed E-state index contributed by atoms with van der Waals surface area (Å²) in [6.45, 7) is 3.98. The van der Waals surface area contributed by atoms with E-state index in [9.17, 15) is 14.7 Å². The van der Waals surface area contributed by atoms with E-state index in [-0.39, 0.29) is 16.9 Å². The predicted molar refractivity (Wildman–Crippen MR) is 113 cm³/mol. The molecule has 2 atom stereocenters. The number of carboxylic acids is 1. The van der Waals surface area contributed by atoms with E-state index in [0.29, 0.717) is 23.7 Å². The predicted octanol–water partition coefficient (Wildman–Crippen LogP) is 3.28. The highest BCUT2D eigenvalue weighted by molar-refractivity contribution is 5.89. The SMILES string of the molecule is Cc1c(N2C[C@H]3CCCC[C@@]3(CN)C2)c(F)cn2c(=O)c(C(=O)O)cc(C3CC3)c12. The number of nitrogens with two attached hydrogens (primary N) is 1. The second kappa shape index (κ2) is 6.80. The average Bonchev–Trinajstić information content (AvgIpc) is 3.48. The van der Waals surface area contributed by atoms with Crippen LogP contribution in [0.1, 0.15) is 65.9 Å². The molecule has 1 saturated heterocycles. The number of aromatic nitrogens is 1. The molecule has 0 bridgehead atoms. The number of halogens is 1. The molecule has 1 aliphatic heterocycles. The minimum absolute atomic E-state index is 0.0371. The smallest absolute Gasteiger partial charge is 0.341 e. The summed E-state index contributed by atoms with van der Waals surface area (Å²) in [6, 6.07) is 1.51. The third-order valence-electron chi connectivity index (χ3n) is 7.70. The van der Waals surface area contributed by atoms with Crippen molar-refractivity contribution in [1.29, 1.82) is 0 Å². The van der Waals surface area contributed by atoms with Gasteiger partial charge in [-0.3, -0.25) is 9.20 Å². The van der Waals surface area contributed by atoms with Crippen LogP contribution in [0.3, 0.4) is 0 Å². The average molecular weight is 413 g/mol. The first-order valence-corrected chi connectivity index (χ1v) is 10.9. The third kappa shape index (κ3) is 2.78. The normalized spacial score (nSPS) is 26.2. The Morgan fingerprint density at radius 2 is 2.10 bits per heavy atom. The van der Waals surface area contributed by atoms with Crippen LogP contribution in [0.15, 0.2) is 17.1 Å². The second-order valence-corrected chi connectivity index (χ2v) is 9.46. The maximum Gasteiger partial charge on any atom is 0.341 e. The number of hydrogen-bond donors (Lipinski definition) is 2. The van der Waals surface area contributed by atoms with Gasteiger partial charge in [-0.05, 0) is 68.2 Å². The molecule has 0 unspecified atom stereocenters. The van der Waals surface area contributed by atoms with Gasteiger partial charge in [-0.1, -0.05) is 12.8 Å². The zero-order valence-electron chi connectivity index (χ0n) is 17.3. The first-order chi connectivity index (χ1) is 14.4. The monoisotopic (exact) mass is 413 g/mol. The van der Waals surface area contributed by atoms with Crippen LogP contribution < -0.4 is 16.2 Å². The van der Waals surface area contributed by atoms with Gasteiger partial charge in [0.2, 0.25) is 0 Å². The van der Waals surface area contributed by atoms with Crippen LogP contribution in [0.5, 0.6) is 0 Å². The van der Waals surface area contributed by atoms with Crippen LogP contribution in [0.4, 0.5) is 10.1 Å². The minimum Gasteiger partial charge on any atom is -0.477 e. The summed E-state index contributed by atoms with van der Waals surface area (Å²) in [6.07, 6.45) is 7.67. The summed E-state index contributed by atoms with van der Waals surface area (Å²) >= 11 is 0. The first-order valence-electron chi connectivity index (χ1n) is 10.9. The van der Waals surface area contributed by atoms with Gasteiger partial charge in [-0.2, -0.15) is 0 Å². The molecule has 0 amide bonds. The molecule has 6 nitrogen and oxygen atoms in total. The summed E-state index contributed by atoms with van der Waals surface area (Å²) in [5.74, 6) is -1.05. The molecule has 0 aromatic carbocycles. The van der Waals surface area contributed by atoms with Crippen LogP contribution in [0, 0.1) is 24.1 Å². The van der Waals surface area contributed by atoms with E-state index < -0.39 is 17.3 Å². The molecule has 2 aliphatic carbocycles. The fraction of sp³-hybridized carbons (Fsp3) is 0.565. The number of pyridine rings is 2. The van der Waals surface area contributed by atoms with Crippen LogP contribution in [0.2, 0.25) is 0 Å². The lowest BCUT2D eigenvalue weighted by Crippen LogP contribution is -2.40. The van der Waals surface area contributed by atoms with Gasteiger partial charge in [0, 0.05) is 18.5 Å². The molecule has 3 heterocycles. The Morgan fingerprint density at radius 3 is 2.73 bits per heavy atom. The van der Waals surface area contributed by atoms with Crippen molar-refractivity contribution < 1.29 is 14.3 Å². The van der Waals surface area contributed by atoms with Gasteiger partial charge in [0.1, 0.15) is 5.56 Å². The molecule has 3 N–H and O–H groups in total. The number of nitrogens with zero attached hydrogens (tertiary/aromatic N) is 2. The standard InChI is InChI=1S/C23H28FN3O3/c1-13-19-16(14-5-6-14)8-17(22(29)30)21(28)27(19)10-18(24)20(13)26-9-15-4-2-3-7-23(15,11-25)12-26/h8,10,14-15H,2-7,9,11-12,25H2,1H3,(H,29,30)/t15-,23-/m1/s1. The van der Waals surface area contributed by atoms with E-state index in [1.54, 1.807) is 0 Å². The Hall–Kier alpha value is -2.41. The Kier molecular flexibility index (Phi) is 4.43.